The Kier molecular flexibility index (Phi) is 6.47. The number of ketones is 2. The van der Waals surface area contributed by atoms with Gasteiger partial charge in [-0.15, -0.1) is 0 Å². The molecule has 0 radical (unpaired) electrons. The van der Waals surface area contributed by atoms with E-state index in [-0.39, 0.29) is 30.3 Å². The molecular formula is C24H27NO4. The summed E-state index contributed by atoms with van der Waals surface area (Å²) in [5.41, 5.74) is 0.256. The minimum absolute atomic E-state index is 0.122. The maximum atomic E-state index is 13.3. The Morgan fingerprint density at radius 1 is 0.897 bits per heavy atom. The summed E-state index contributed by atoms with van der Waals surface area (Å²) in [4.78, 5) is 38.7. The van der Waals surface area contributed by atoms with Crippen LogP contribution >= 0.6 is 0 Å². The van der Waals surface area contributed by atoms with E-state index >= 15 is 0 Å². The van der Waals surface area contributed by atoms with Crippen LogP contribution in [0.25, 0.3) is 0 Å². The molecule has 0 aliphatic carbocycles. The van der Waals surface area contributed by atoms with Crippen molar-refractivity contribution in [3.63, 3.8) is 0 Å². The first-order valence-corrected chi connectivity index (χ1v) is 10.1. The molecule has 152 valence electrons. The molecule has 1 saturated heterocycles. The third-order valence-corrected chi connectivity index (χ3v) is 5.43. The van der Waals surface area contributed by atoms with Gasteiger partial charge in [-0.25, -0.2) is 4.79 Å². The molecule has 1 N–H and O–H groups in total. The smallest absolute Gasteiger partial charge is 0.409 e. The molecule has 2 aromatic carbocycles. The topological polar surface area (TPSA) is 72.5 Å². The fourth-order valence-corrected chi connectivity index (χ4v) is 3.90. The average molecular weight is 393 g/mol. The molecule has 1 heterocycles. The van der Waals surface area contributed by atoms with Crippen LogP contribution in [0.4, 0.5) is 4.79 Å². The Balaban J connectivity index is 1.82. The quantitative estimate of drug-likeness (QED) is 0.656. The summed E-state index contributed by atoms with van der Waals surface area (Å²) >= 11 is 0. The first-order valence-electron chi connectivity index (χ1n) is 10.1. The molecule has 2 aromatic rings. The van der Waals surface area contributed by atoms with Crippen molar-refractivity contribution < 1.29 is 19.1 Å². The lowest BCUT2D eigenvalue weighted by molar-refractivity contribution is -0.150. The van der Waals surface area contributed by atoms with Gasteiger partial charge in [-0.2, -0.15) is 0 Å². The summed E-state index contributed by atoms with van der Waals surface area (Å²) in [6, 6.07) is 18.6. The number of nitrogens with one attached hydrogen (secondary N) is 1. The number of Topliss-reactive ketones (excluding diaryl/α,β-unsaturated/α-hetero) is 2. The summed E-state index contributed by atoms with van der Waals surface area (Å²) in [5.74, 6) is -0.796. The van der Waals surface area contributed by atoms with Crippen LogP contribution in [-0.2, 0) is 27.2 Å². The number of aryl methyl sites for hydroxylation is 2. The van der Waals surface area contributed by atoms with Crippen molar-refractivity contribution in [3.8, 4) is 0 Å². The summed E-state index contributed by atoms with van der Waals surface area (Å²) in [5, 5.41) is 2.70. The first-order chi connectivity index (χ1) is 13.9. The molecule has 1 fully saturated rings. The van der Waals surface area contributed by atoms with Crippen LogP contribution in [-0.4, -0.2) is 29.3 Å². The minimum Gasteiger partial charge on any atom is -0.424 e. The number of cyclic esters (lactones) is 1. The molecule has 0 saturated carbocycles. The van der Waals surface area contributed by atoms with Crippen molar-refractivity contribution in [2.45, 2.75) is 51.2 Å². The lowest BCUT2D eigenvalue weighted by atomic mass is 9.77. The Labute approximate surface area is 171 Å². The number of benzene rings is 2. The average Bonchev–Trinajstić information content (AvgIpc) is 3.10. The molecule has 3 rings (SSSR count). The zero-order chi connectivity index (χ0) is 20.9. The molecule has 1 unspecified atom stereocenters. The van der Waals surface area contributed by atoms with Gasteiger partial charge < -0.3 is 10.1 Å². The van der Waals surface area contributed by atoms with E-state index in [0.717, 1.165) is 11.1 Å². The summed E-state index contributed by atoms with van der Waals surface area (Å²) in [7, 11) is 0. The summed E-state index contributed by atoms with van der Waals surface area (Å²) in [6.07, 6.45) is 0.564. The Bertz CT molecular complexity index is 805. The van der Waals surface area contributed by atoms with Crippen molar-refractivity contribution >= 4 is 17.7 Å². The van der Waals surface area contributed by atoms with E-state index in [0.29, 0.717) is 12.8 Å². The summed E-state index contributed by atoms with van der Waals surface area (Å²) < 4.78 is 5.47. The van der Waals surface area contributed by atoms with Crippen molar-refractivity contribution in [2.24, 2.45) is 5.92 Å². The molecule has 5 nitrogen and oxygen atoms in total. The van der Waals surface area contributed by atoms with Crippen molar-refractivity contribution in [3.05, 3.63) is 71.8 Å². The maximum absolute atomic E-state index is 13.3. The molecule has 0 bridgehead atoms. The van der Waals surface area contributed by atoms with Gasteiger partial charge >= 0.3 is 6.09 Å². The predicted octanol–water partition coefficient (Wildman–Crippen LogP) is 3.89. The molecule has 0 aromatic heterocycles. The Hall–Kier alpha value is -2.95. The van der Waals surface area contributed by atoms with Gasteiger partial charge in [0.1, 0.15) is 0 Å². The van der Waals surface area contributed by atoms with Crippen molar-refractivity contribution in [1.82, 2.24) is 5.32 Å². The van der Waals surface area contributed by atoms with E-state index in [1.807, 2.05) is 74.5 Å². The molecule has 1 aliphatic heterocycles. The van der Waals surface area contributed by atoms with Gasteiger partial charge in [-0.1, -0.05) is 74.5 Å². The van der Waals surface area contributed by atoms with Crippen LogP contribution in [0, 0.1) is 5.92 Å². The highest BCUT2D eigenvalue weighted by molar-refractivity contribution is 6.14. The van der Waals surface area contributed by atoms with Crippen molar-refractivity contribution in [2.75, 3.05) is 0 Å². The minimum atomic E-state index is -1.76. The monoisotopic (exact) mass is 393 g/mol. The van der Waals surface area contributed by atoms with E-state index in [1.165, 1.54) is 0 Å². The molecule has 29 heavy (non-hydrogen) atoms. The zero-order valence-electron chi connectivity index (χ0n) is 16.9. The van der Waals surface area contributed by atoms with Crippen LogP contribution in [0.2, 0.25) is 0 Å². The third-order valence-electron chi connectivity index (χ3n) is 5.43. The first kappa shape index (κ1) is 20.8. The van der Waals surface area contributed by atoms with E-state index < -0.39 is 17.7 Å². The van der Waals surface area contributed by atoms with Crippen LogP contribution < -0.4 is 5.32 Å². The SMILES string of the molecule is CC(C)C1NC(=O)OC1(C(=O)CCc1ccccc1)C(=O)CCc1ccccc1. The number of alkyl carbamates (subject to hydrolysis) is 1. The highest BCUT2D eigenvalue weighted by atomic mass is 16.6. The van der Waals surface area contributed by atoms with Crippen LogP contribution in [0.1, 0.15) is 37.8 Å². The number of carbonyl (C=O) groups excluding carboxylic acids is 3. The van der Waals surface area contributed by atoms with E-state index in [4.69, 9.17) is 4.74 Å². The molecule has 1 atom stereocenters. The lowest BCUT2D eigenvalue weighted by Crippen LogP contribution is -2.58. The number of rotatable bonds is 9. The van der Waals surface area contributed by atoms with Gasteiger partial charge in [0, 0.05) is 12.8 Å². The van der Waals surface area contributed by atoms with Gasteiger partial charge in [0.15, 0.2) is 11.6 Å². The molecular weight excluding hydrogens is 366 g/mol. The fourth-order valence-electron chi connectivity index (χ4n) is 3.90. The van der Waals surface area contributed by atoms with Gasteiger partial charge in [0.25, 0.3) is 0 Å². The van der Waals surface area contributed by atoms with Gasteiger partial charge in [-0.05, 0) is 29.9 Å². The van der Waals surface area contributed by atoms with E-state index in [2.05, 4.69) is 5.32 Å². The van der Waals surface area contributed by atoms with Gasteiger partial charge in [0.2, 0.25) is 5.60 Å². The predicted molar refractivity (Wildman–Crippen MR) is 111 cm³/mol. The number of amides is 1. The number of hydrogen-bond acceptors (Lipinski definition) is 4. The Morgan fingerprint density at radius 2 is 1.34 bits per heavy atom. The molecule has 1 amide bonds. The number of carbonyl (C=O) groups is 3. The van der Waals surface area contributed by atoms with Crippen LogP contribution in [0.15, 0.2) is 60.7 Å². The second-order valence-electron chi connectivity index (χ2n) is 7.81. The molecule has 0 spiro atoms. The number of ether oxygens (including phenoxy) is 1. The fraction of sp³-hybridized carbons (Fsp3) is 0.375. The normalized spacial score (nSPS) is 17.6. The Morgan fingerprint density at radius 3 is 1.76 bits per heavy atom. The van der Waals surface area contributed by atoms with Gasteiger partial charge in [-0.3, -0.25) is 9.59 Å². The van der Waals surface area contributed by atoms with E-state index in [1.54, 1.807) is 0 Å². The summed E-state index contributed by atoms with van der Waals surface area (Å²) in [6.45, 7) is 3.76. The number of hydrogen-bond donors (Lipinski definition) is 1. The largest absolute Gasteiger partial charge is 0.424 e. The second kappa shape index (κ2) is 9.03. The van der Waals surface area contributed by atoms with Crippen LogP contribution in [0.3, 0.4) is 0 Å². The molecule has 5 heteroatoms. The second-order valence-corrected chi connectivity index (χ2v) is 7.81. The standard InChI is InChI=1S/C24H27NO4/c1-17(2)22-24(29-23(28)25-22,20(26)15-13-18-9-5-3-6-10-18)21(27)16-14-19-11-7-4-8-12-19/h3-12,17,22H,13-16H2,1-2H3,(H,25,28). The van der Waals surface area contributed by atoms with Gasteiger partial charge in [0.05, 0.1) is 6.04 Å². The zero-order valence-corrected chi connectivity index (χ0v) is 16.9. The van der Waals surface area contributed by atoms with E-state index in [9.17, 15) is 14.4 Å². The maximum Gasteiger partial charge on any atom is 0.409 e. The van der Waals surface area contributed by atoms with Crippen molar-refractivity contribution in [1.29, 1.82) is 0 Å². The highest BCUT2D eigenvalue weighted by Gasteiger charge is 2.59. The highest BCUT2D eigenvalue weighted by Crippen LogP contribution is 2.33. The van der Waals surface area contributed by atoms with Crippen LogP contribution in [0.5, 0.6) is 0 Å². The third kappa shape index (κ3) is 4.56. The molecule has 1 aliphatic rings. The lowest BCUT2D eigenvalue weighted by Gasteiger charge is -2.32.